The third-order valence-corrected chi connectivity index (χ3v) is 4.13. The number of hydrogen-bond acceptors (Lipinski definition) is 7. The SMILES string of the molecule is Cc1nc(Nc2cccc(C#N)c2)cc(C(=O)Nc2ccc3c(c2)OCCO3)n1. The molecule has 1 amide bonds. The summed E-state index contributed by atoms with van der Waals surface area (Å²) in [5.41, 5.74) is 2.01. The van der Waals surface area contributed by atoms with E-state index in [-0.39, 0.29) is 11.6 Å². The lowest BCUT2D eigenvalue weighted by Crippen LogP contribution is -2.17. The Morgan fingerprint density at radius 3 is 2.69 bits per heavy atom. The summed E-state index contributed by atoms with van der Waals surface area (Å²) in [6.45, 7) is 2.68. The van der Waals surface area contributed by atoms with Crippen molar-refractivity contribution in [3.63, 3.8) is 0 Å². The zero-order chi connectivity index (χ0) is 20.2. The monoisotopic (exact) mass is 387 g/mol. The molecule has 1 aromatic heterocycles. The van der Waals surface area contributed by atoms with E-state index in [2.05, 4.69) is 26.7 Å². The van der Waals surface area contributed by atoms with Crippen LogP contribution in [0, 0.1) is 18.3 Å². The van der Waals surface area contributed by atoms with E-state index in [1.807, 2.05) is 6.07 Å². The second-order valence-corrected chi connectivity index (χ2v) is 6.32. The lowest BCUT2D eigenvalue weighted by molar-refractivity contribution is 0.102. The highest BCUT2D eigenvalue weighted by Gasteiger charge is 2.15. The number of anilines is 3. The average molecular weight is 387 g/mol. The Bertz CT molecular complexity index is 1120. The van der Waals surface area contributed by atoms with Gasteiger partial charge in [0.05, 0.1) is 11.6 Å². The maximum Gasteiger partial charge on any atom is 0.274 e. The molecule has 2 aromatic carbocycles. The molecule has 8 nitrogen and oxygen atoms in total. The molecule has 0 fully saturated rings. The Morgan fingerprint density at radius 1 is 1.03 bits per heavy atom. The molecule has 1 aliphatic rings. The van der Waals surface area contributed by atoms with Gasteiger partial charge in [0.1, 0.15) is 30.5 Å². The normalized spacial score (nSPS) is 12.0. The molecule has 0 unspecified atom stereocenters. The number of ether oxygens (including phenoxy) is 2. The predicted molar refractivity (Wildman–Crippen MR) is 107 cm³/mol. The first kappa shape index (κ1) is 18.3. The number of carbonyl (C=O) groups excluding carboxylic acids is 1. The average Bonchev–Trinajstić information content (AvgIpc) is 2.73. The highest BCUT2D eigenvalue weighted by molar-refractivity contribution is 6.03. The first-order valence-electron chi connectivity index (χ1n) is 8.94. The first-order chi connectivity index (χ1) is 14.1. The van der Waals surface area contributed by atoms with Crippen LogP contribution < -0.4 is 20.1 Å². The number of rotatable bonds is 4. The van der Waals surface area contributed by atoms with E-state index in [4.69, 9.17) is 14.7 Å². The molecule has 8 heteroatoms. The van der Waals surface area contributed by atoms with Crippen LogP contribution in [-0.4, -0.2) is 29.1 Å². The van der Waals surface area contributed by atoms with Gasteiger partial charge in [-0.3, -0.25) is 4.79 Å². The van der Waals surface area contributed by atoms with E-state index < -0.39 is 0 Å². The van der Waals surface area contributed by atoms with Gasteiger partial charge < -0.3 is 20.1 Å². The van der Waals surface area contributed by atoms with Gasteiger partial charge in [-0.1, -0.05) is 6.07 Å². The summed E-state index contributed by atoms with van der Waals surface area (Å²) in [5.74, 6) is 1.77. The van der Waals surface area contributed by atoms with Gasteiger partial charge in [0.2, 0.25) is 0 Å². The summed E-state index contributed by atoms with van der Waals surface area (Å²) in [6.07, 6.45) is 0. The number of hydrogen-bond donors (Lipinski definition) is 2. The van der Waals surface area contributed by atoms with Crippen LogP contribution in [0.15, 0.2) is 48.5 Å². The van der Waals surface area contributed by atoms with Crippen LogP contribution in [0.5, 0.6) is 11.5 Å². The number of nitrogens with one attached hydrogen (secondary N) is 2. The molecular weight excluding hydrogens is 370 g/mol. The van der Waals surface area contributed by atoms with E-state index in [9.17, 15) is 4.79 Å². The molecule has 2 N–H and O–H groups in total. The lowest BCUT2D eigenvalue weighted by Gasteiger charge is -2.19. The summed E-state index contributed by atoms with van der Waals surface area (Å²) < 4.78 is 11.0. The van der Waals surface area contributed by atoms with Gasteiger partial charge in [-0.15, -0.1) is 0 Å². The van der Waals surface area contributed by atoms with Crippen LogP contribution in [0.1, 0.15) is 21.9 Å². The summed E-state index contributed by atoms with van der Waals surface area (Å²) in [7, 11) is 0. The zero-order valence-electron chi connectivity index (χ0n) is 15.6. The number of benzene rings is 2. The van der Waals surface area contributed by atoms with Gasteiger partial charge >= 0.3 is 0 Å². The van der Waals surface area contributed by atoms with Gasteiger partial charge in [0.25, 0.3) is 5.91 Å². The van der Waals surface area contributed by atoms with Gasteiger partial charge in [-0.2, -0.15) is 5.26 Å². The molecule has 1 aliphatic heterocycles. The minimum atomic E-state index is -0.374. The number of fused-ring (bicyclic) bond motifs is 1. The standard InChI is InChI=1S/C21H17N5O3/c1-13-23-17(11-20(24-13)25-15-4-2-3-14(9-15)12-22)21(27)26-16-5-6-18-19(10-16)29-8-7-28-18/h2-6,9-11H,7-8H2,1H3,(H,26,27)(H,23,24,25). The second-order valence-electron chi connectivity index (χ2n) is 6.32. The minimum absolute atomic E-state index is 0.214. The smallest absolute Gasteiger partial charge is 0.274 e. The number of aromatic nitrogens is 2. The number of amides is 1. The van der Waals surface area contributed by atoms with Crippen LogP contribution in [0.2, 0.25) is 0 Å². The fourth-order valence-electron chi connectivity index (χ4n) is 2.88. The highest BCUT2D eigenvalue weighted by atomic mass is 16.6. The Balaban J connectivity index is 1.53. The zero-order valence-corrected chi connectivity index (χ0v) is 15.6. The van der Waals surface area contributed by atoms with Crippen molar-refractivity contribution < 1.29 is 14.3 Å². The molecule has 0 bridgehead atoms. The Hall–Kier alpha value is -4.12. The van der Waals surface area contributed by atoms with Crippen molar-refractivity contribution in [3.8, 4) is 17.6 Å². The summed E-state index contributed by atoms with van der Waals surface area (Å²) in [4.78, 5) is 21.2. The maximum absolute atomic E-state index is 12.7. The summed E-state index contributed by atoms with van der Waals surface area (Å²) >= 11 is 0. The molecule has 3 aromatic rings. The molecule has 0 spiro atoms. The molecule has 0 aliphatic carbocycles. The molecule has 0 atom stereocenters. The van der Waals surface area contributed by atoms with E-state index >= 15 is 0 Å². The van der Waals surface area contributed by atoms with Crippen LogP contribution in [0.4, 0.5) is 17.2 Å². The van der Waals surface area contributed by atoms with Crippen molar-refractivity contribution in [2.75, 3.05) is 23.8 Å². The van der Waals surface area contributed by atoms with Gasteiger partial charge in [0.15, 0.2) is 11.5 Å². The fourth-order valence-corrected chi connectivity index (χ4v) is 2.88. The highest BCUT2D eigenvalue weighted by Crippen LogP contribution is 2.32. The predicted octanol–water partition coefficient (Wildman–Crippen LogP) is 3.42. The lowest BCUT2D eigenvalue weighted by atomic mass is 10.2. The number of nitriles is 1. The Kier molecular flexibility index (Phi) is 4.95. The van der Waals surface area contributed by atoms with Crippen molar-refractivity contribution >= 4 is 23.1 Å². The number of nitrogens with zero attached hydrogens (tertiary/aromatic N) is 3. The van der Waals surface area contributed by atoms with Crippen LogP contribution in [0.3, 0.4) is 0 Å². The van der Waals surface area contributed by atoms with Crippen molar-refractivity contribution in [1.29, 1.82) is 5.26 Å². The fraction of sp³-hybridized carbons (Fsp3) is 0.143. The van der Waals surface area contributed by atoms with Gasteiger partial charge in [-0.05, 0) is 37.3 Å². The minimum Gasteiger partial charge on any atom is -0.486 e. The van der Waals surface area contributed by atoms with E-state index in [1.165, 1.54) is 0 Å². The van der Waals surface area contributed by atoms with E-state index in [0.717, 1.165) is 0 Å². The number of aryl methyl sites for hydroxylation is 1. The summed E-state index contributed by atoms with van der Waals surface area (Å²) in [6, 6.07) is 15.8. The van der Waals surface area contributed by atoms with Crippen molar-refractivity contribution in [2.24, 2.45) is 0 Å². The first-order valence-corrected chi connectivity index (χ1v) is 8.94. The molecule has 0 saturated carbocycles. The van der Waals surface area contributed by atoms with Crippen LogP contribution >= 0.6 is 0 Å². The molecule has 0 radical (unpaired) electrons. The number of carbonyl (C=O) groups is 1. The summed E-state index contributed by atoms with van der Waals surface area (Å²) in [5, 5.41) is 14.9. The molecular formula is C21H17N5O3. The quantitative estimate of drug-likeness (QED) is 0.706. The Labute approximate surface area is 167 Å². The van der Waals surface area contributed by atoms with Crippen LogP contribution in [0.25, 0.3) is 0 Å². The molecule has 4 rings (SSSR count). The molecule has 144 valence electrons. The molecule has 0 saturated heterocycles. The third-order valence-electron chi connectivity index (χ3n) is 4.13. The van der Waals surface area contributed by atoms with E-state index in [1.54, 1.807) is 49.4 Å². The molecule has 2 heterocycles. The largest absolute Gasteiger partial charge is 0.486 e. The van der Waals surface area contributed by atoms with Gasteiger partial charge in [0, 0.05) is 23.5 Å². The van der Waals surface area contributed by atoms with E-state index in [0.29, 0.717) is 53.3 Å². The van der Waals surface area contributed by atoms with Crippen molar-refractivity contribution in [1.82, 2.24) is 9.97 Å². The maximum atomic E-state index is 12.7. The molecule has 29 heavy (non-hydrogen) atoms. The van der Waals surface area contributed by atoms with Crippen LogP contribution in [-0.2, 0) is 0 Å². The topological polar surface area (TPSA) is 109 Å². The van der Waals surface area contributed by atoms with Crippen molar-refractivity contribution in [2.45, 2.75) is 6.92 Å². The Morgan fingerprint density at radius 2 is 1.86 bits per heavy atom. The van der Waals surface area contributed by atoms with Gasteiger partial charge in [-0.25, -0.2) is 9.97 Å². The second kappa shape index (κ2) is 7.86. The third kappa shape index (κ3) is 4.25. The van der Waals surface area contributed by atoms with Crippen molar-refractivity contribution in [3.05, 3.63) is 65.6 Å².